The molecular formula is C36H38N4O4. The molecule has 0 radical (unpaired) electrons. The van der Waals surface area contributed by atoms with E-state index in [1.807, 2.05) is 60.9 Å². The molecule has 7 rings (SSSR count). The number of para-hydroxylation sites is 3. The first-order valence-electron chi connectivity index (χ1n) is 15.6. The van der Waals surface area contributed by atoms with Crippen LogP contribution in [0.1, 0.15) is 73.6 Å². The van der Waals surface area contributed by atoms with Gasteiger partial charge >= 0.3 is 5.97 Å². The van der Waals surface area contributed by atoms with Crippen LogP contribution in [-0.4, -0.2) is 39.7 Å². The van der Waals surface area contributed by atoms with Gasteiger partial charge in [-0.25, -0.2) is 4.98 Å². The van der Waals surface area contributed by atoms with Crippen molar-refractivity contribution in [3.8, 4) is 17.0 Å². The fraction of sp³-hybridized carbons (Fsp3) is 0.361. The number of nitrogens with one attached hydrogen (secondary N) is 1. The number of rotatable bonds is 6. The number of benzene rings is 3. The summed E-state index contributed by atoms with van der Waals surface area (Å²) in [6, 6.07) is 22.1. The summed E-state index contributed by atoms with van der Waals surface area (Å²) in [6.07, 6.45) is 6.13. The van der Waals surface area contributed by atoms with Crippen LogP contribution in [0.4, 0.5) is 0 Å². The second kappa shape index (κ2) is 11.2. The van der Waals surface area contributed by atoms with Crippen LogP contribution in [0.15, 0.2) is 66.7 Å². The van der Waals surface area contributed by atoms with Crippen LogP contribution < -0.4 is 10.1 Å². The number of hydrogen-bond donors (Lipinski definition) is 1. The van der Waals surface area contributed by atoms with E-state index >= 15 is 0 Å². The second-order valence-corrected chi connectivity index (χ2v) is 12.5. The highest BCUT2D eigenvalue weighted by Gasteiger charge is 2.32. The Morgan fingerprint density at radius 3 is 2.59 bits per heavy atom. The smallest absolute Gasteiger partial charge is 0.325 e. The Bertz CT molecular complexity index is 1890. The van der Waals surface area contributed by atoms with Gasteiger partial charge in [-0.05, 0) is 74.6 Å². The topological polar surface area (TPSA) is 87.4 Å². The van der Waals surface area contributed by atoms with E-state index in [-0.39, 0.29) is 18.4 Å². The third-order valence-electron chi connectivity index (χ3n) is 9.25. The summed E-state index contributed by atoms with van der Waals surface area (Å²) in [7, 11) is 1.37. The zero-order valence-electron chi connectivity index (χ0n) is 25.6. The first kappa shape index (κ1) is 28.2. The highest BCUT2D eigenvalue weighted by atomic mass is 16.5. The van der Waals surface area contributed by atoms with Gasteiger partial charge < -0.3 is 23.9 Å². The Kier molecular flexibility index (Phi) is 7.15. The van der Waals surface area contributed by atoms with Crippen LogP contribution in [0.5, 0.6) is 5.75 Å². The summed E-state index contributed by atoms with van der Waals surface area (Å²) >= 11 is 0. The summed E-state index contributed by atoms with van der Waals surface area (Å²) in [4.78, 5) is 31.1. The maximum Gasteiger partial charge on any atom is 0.325 e. The summed E-state index contributed by atoms with van der Waals surface area (Å²) in [5.74, 6) is 1.41. The predicted molar refractivity (Wildman–Crippen MR) is 171 cm³/mol. The molecule has 1 fully saturated rings. The van der Waals surface area contributed by atoms with Crippen molar-refractivity contribution in [1.82, 2.24) is 19.4 Å². The molecule has 1 aliphatic heterocycles. The van der Waals surface area contributed by atoms with Gasteiger partial charge in [0, 0.05) is 22.0 Å². The third kappa shape index (κ3) is 4.82. The van der Waals surface area contributed by atoms with Gasteiger partial charge in [0.1, 0.15) is 24.7 Å². The molecule has 2 aromatic heterocycles. The molecule has 1 N–H and O–H groups in total. The van der Waals surface area contributed by atoms with Gasteiger partial charge in [0.2, 0.25) is 0 Å². The second-order valence-electron chi connectivity index (χ2n) is 12.5. The number of nitrogens with zero attached hydrogens (tertiary/aromatic N) is 3. The predicted octanol–water partition coefficient (Wildman–Crippen LogP) is 6.94. The maximum atomic E-state index is 14.0. The van der Waals surface area contributed by atoms with Gasteiger partial charge in [-0.3, -0.25) is 9.59 Å². The molecule has 44 heavy (non-hydrogen) atoms. The van der Waals surface area contributed by atoms with Crippen LogP contribution >= 0.6 is 0 Å². The molecule has 1 amide bonds. The molecular weight excluding hydrogens is 552 g/mol. The molecule has 3 heterocycles. The number of aromatic nitrogens is 3. The molecule has 2 aliphatic rings. The number of ether oxygens (including phenoxy) is 2. The van der Waals surface area contributed by atoms with Gasteiger partial charge in [-0.1, -0.05) is 49.6 Å². The summed E-state index contributed by atoms with van der Waals surface area (Å²) < 4.78 is 15.4. The Hall–Kier alpha value is -4.59. The van der Waals surface area contributed by atoms with Crippen molar-refractivity contribution in [3.63, 3.8) is 0 Å². The molecule has 8 nitrogen and oxygen atoms in total. The molecule has 0 atom stereocenters. The van der Waals surface area contributed by atoms with Gasteiger partial charge in [-0.15, -0.1) is 0 Å². The van der Waals surface area contributed by atoms with Crippen molar-refractivity contribution < 1.29 is 19.1 Å². The minimum Gasteiger partial charge on any atom is -0.491 e. The van der Waals surface area contributed by atoms with Crippen molar-refractivity contribution >= 4 is 33.8 Å². The van der Waals surface area contributed by atoms with Crippen LogP contribution in [0.2, 0.25) is 0 Å². The van der Waals surface area contributed by atoms with Crippen LogP contribution in [0.25, 0.3) is 33.2 Å². The normalized spacial score (nSPS) is 15.3. The van der Waals surface area contributed by atoms with E-state index in [2.05, 4.69) is 34.1 Å². The van der Waals surface area contributed by atoms with Crippen LogP contribution in [-0.2, 0) is 28.2 Å². The van der Waals surface area contributed by atoms with Crippen molar-refractivity contribution in [2.45, 2.75) is 70.5 Å². The molecule has 0 unspecified atom stereocenters. The lowest BCUT2D eigenvalue weighted by Crippen LogP contribution is -2.43. The molecule has 0 spiro atoms. The molecule has 3 aromatic carbocycles. The first-order valence-corrected chi connectivity index (χ1v) is 15.6. The SMILES string of the molecule is COC(=O)Cn1c(C(C)(C)NC(=O)c2ccc3c(C4CCCCC4)c4n(c3c2)CCOc2ccccc2-4)nc2ccccc21. The number of imidazole rings is 1. The summed E-state index contributed by atoms with van der Waals surface area (Å²) in [5.41, 5.74) is 6.07. The molecule has 0 saturated heterocycles. The zero-order chi connectivity index (χ0) is 30.4. The lowest BCUT2D eigenvalue weighted by atomic mass is 9.81. The lowest BCUT2D eigenvalue weighted by Gasteiger charge is -2.27. The van der Waals surface area contributed by atoms with E-state index in [1.54, 1.807) is 0 Å². The molecule has 1 saturated carbocycles. The van der Waals surface area contributed by atoms with E-state index in [4.69, 9.17) is 14.5 Å². The van der Waals surface area contributed by atoms with Crippen LogP contribution in [0, 0.1) is 0 Å². The van der Waals surface area contributed by atoms with E-state index in [9.17, 15) is 9.59 Å². The fourth-order valence-corrected chi connectivity index (χ4v) is 7.20. The number of hydrogen-bond acceptors (Lipinski definition) is 5. The monoisotopic (exact) mass is 590 g/mol. The Morgan fingerprint density at radius 2 is 1.77 bits per heavy atom. The lowest BCUT2D eigenvalue weighted by molar-refractivity contribution is -0.141. The van der Waals surface area contributed by atoms with E-state index < -0.39 is 5.54 Å². The zero-order valence-corrected chi connectivity index (χ0v) is 25.6. The highest BCUT2D eigenvalue weighted by molar-refractivity contribution is 6.01. The van der Waals surface area contributed by atoms with Crippen molar-refractivity contribution in [1.29, 1.82) is 0 Å². The largest absolute Gasteiger partial charge is 0.491 e. The number of carbonyl (C=O) groups excluding carboxylic acids is 2. The van der Waals surface area contributed by atoms with Crippen molar-refractivity contribution in [3.05, 3.63) is 83.7 Å². The minimum atomic E-state index is -0.880. The van der Waals surface area contributed by atoms with Gasteiger partial charge in [-0.2, -0.15) is 0 Å². The third-order valence-corrected chi connectivity index (χ3v) is 9.25. The molecule has 1 aliphatic carbocycles. The van der Waals surface area contributed by atoms with E-state index in [1.165, 1.54) is 55.9 Å². The Labute approximate surface area is 257 Å². The minimum absolute atomic E-state index is 0.00138. The quantitative estimate of drug-likeness (QED) is 0.217. The standard InChI is InChI=1S/C36H38N4O4/c1-36(2,35-37-27-14-8-9-15-28(27)40(35)22-31(41)43-3)38-34(42)24-17-18-25-29(21-24)39-19-20-44-30-16-10-7-13-26(30)33(39)32(25)23-11-5-4-6-12-23/h7-10,13-18,21,23H,4-6,11-12,19-20,22H2,1-3H3,(H,38,42). The Balaban J connectivity index is 1.29. The van der Waals surface area contributed by atoms with E-state index in [0.717, 1.165) is 27.9 Å². The van der Waals surface area contributed by atoms with E-state index in [0.29, 0.717) is 30.5 Å². The number of methoxy groups -OCH3 is 1. The Morgan fingerprint density at radius 1 is 1.00 bits per heavy atom. The summed E-state index contributed by atoms with van der Waals surface area (Å²) in [5, 5.41) is 4.44. The molecule has 0 bridgehead atoms. The fourth-order valence-electron chi connectivity index (χ4n) is 7.20. The van der Waals surface area contributed by atoms with Crippen molar-refractivity contribution in [2.75, 3.05) is 13.7 Å². The average Bonchev–Trinajstić information content (AvgIpc) is 3.50. The first-order chi connectivity index (χ1) is 21.4. The molecule has 226 valence electrons. The van der Waals surface area contributed by atoms with Gasteiger partial charge in [0.25, 0.3) is 5.91 Å². The maximum absolute atomic E-state index is 14.0. The number of amides is 1. The van der Waals surface area contributed by atoms with Crippen LogP contribution in [0.3, 0.4) is 0 Å². The number of carbonyl (C=O) groups is 2. The molecule has 5 aromatic rings. The number of esters is 1. The van der Waals surface area contributed by atoms with Gasteiger partial charge in [0.05, 0.1) is 35.9 Å². The molecule has 8 heteroatoms. The summed E-state index contributed by atoms with van der Waals surface area (Å²) in [6.45, 7) is 5.11. The van der Waals surface area contributed by atoms with Crippen molar-refractivity contribution in [2.24, 2.45) is 0 Å². The van der Waals surface area contributed by atoms with Gasteiger partial charge in [0.15, 0.2) is 0 Å². The highest BCUT2D eigenvalue weighted by Crippen LogP contribution is 2.47. The average molecular weight is 591 g/mol. The number of fused-ring (bicyclic) bond motifs is 6.